The molecule has 0 N–H and O–H groups in total. The van der Waals surface area contributed by atoms with Gasteiger partial charge in [0.2, 0.25) is 0 Å². The van der Waals surface area contributed by atoms with Crippen molar-refractivity contribution in [2.75, 3.05) is 0 Å². The first-order valence-electron chi connectivity index (χ1n) is 5.41. The van der Waals surface area contributed by atoms with Gasteiger partial charge < -0.3 is 0 Å². The minimum Gasteiger partial charge on any atom is -0.0949 e. The van der Waals surface area contributed by atoms with Gasteiger partial charge in [0, 0.05) is 0 Å². The summed E-state index contributed by atoms with van der Waals surface area (Å²) in [5, 5.41) is 0. The van der Waals surface area contributed by atoms with E-state index in [9.17, 15) is 0 Å². The topological polar surface area (TPSA) is 0 Å². The summed E-state index contributed by atoms with van der Waals surface area (Å²) in [7, 11) is 0. The first-order chi connectivity index (χ1) is 6.95. The smallest absolute Gasteiger partial charge is 0.00250 e. The van der Waals surface area contributed by atoms with Gasteiger partial charge in [-0.15, -0.1) is 0 Å². The van der Waals surface area contributed by atoms with Crippen LogP contribution in [0, 0.1) is 27.7 Å². The molecule has 1 aromatic carbocycles. The van der Waals surface area contributed by atoms with Gasteiger partial charge in [-0.05, 0) is 78.6 Å². The fourth-order valence-corrected chi connectivity index (χ4v) is 2.63. The zero-order valence-corrected chi connectivity index (χ0v) is 10.1. The van der Waals surface area contributed by atoms with Crippen LogP contribution < -0.4 is 0 Å². The Hall–Kier alpha value is -1.30. The molecule has 0 saturated heterocycles. The summed E-state index contributed by atoms with van der Waals surface area (Å²) >= 11 is 0. The van der Waals surface area contributed by atoms with Gasteiger partial charge in [0.1, 0.15) is 0 Å². The van der Waals surface area contributed by atoms with Crippen molar-refractivity contribution in [3.63, 3.8) is 0 Å². The van der Waals surface area contributed by atoms with Crippen molar-refractivity contribution in [3.8, 4) is 0 Å². The molecule has 0 amide bonds. The van der Waals surface area contributed by atoms with E-state index in [4.69, 9.17) is 0 Å². The molecule has 0 unspecified atom stereocenters. The lowest BCUT2D eigenvalue weighted by atomic mass is 9.89. The Balaban J connectivity index is 2.92. The molecule has 0 aliphatic heterocycles. The molecule has 78 valence electrons. The molecule has 0 atom stereocenters. The van der Waals surface area contributed by atoms with Gasteiger partial charge in [-0.1, -0.05) is 13.2 Å². The van der Waals surface area contributed by atoms with E-state index in [-0.39, 0.29) is 0 Å². The van der Waals surface area contributed by atoms with Gasteiger partial charge in [-0.2, -0.15) is 0 Å². The van der Waals surface area contributed by atoms with E-state index in [0.717, 1.165) is 6.42 Å². The molecule has 0 spiro atoms. The second-order valence-corrected chi connectivity index (χ2v) is 4.63. The highest BCUT2D eigenvalue weighted by atomic mass is 14.3. The predicted octanol–water partition coefficient (Wildman–Crippen LogP) is 4.35. The molecule has 0 aromatic heterocycles. The van der Waals surface area contributed by atoms with E-state index >= 15 is 0 Å². The summed E-state index contributed by atoms with van der Waals surface area (Å²) in [6.07, 6.45) is 0.944. The predicted molar refractivity (Wildman–Crippen MR) is 68.1 cm³/mol. The number of rotatable bonds is 0. The van der Waals surface area contributed by atoms with Crippen molar-refractivity contribution in [3.05, 3.63) is 46.5 Å². The summed E-state index contributed by atoms with van der Waals surface area (Å²) in [6.45, 7) is 17.1. The largest absolute Gasteiger partial charge is 0.0949 e. The molecule has 0 fully saturated rings. The Morgan fingerprint density at radius 3 is 1.33 bits per heavy atom. The molecule has 0 radical (unpaired) electrons. The zero-order valence-electron chi connectivity index (χ0n) is 10.1. The molecule has 0 nitrogen and oxygen atoms in total. The summed E-state index contributed by atoms with van der Waals surface area (Å²) in [5.74, 6) is 0. The van der Waals surface area contributed by atoms with Crippen LogP contribution in [0.25, 0.3) is 11.1 Å². The van der Waals surface area contributed by atoms with E-state index < -0.39 is 0 Å². The van der Waals surface area contributed by atoms with Crippen LogP contribution in [0.5, 0.6) is 0 Å². The normalized spacial score (nSPS) is 14.7. The van der Waals surface area contributed by atoms with Gasteiger partial charge >= 0.3 is 0 Å². The number of allylic oxidation sites excluding steroid dienone is 2. The van der Waals surface area contributed by atoms with Crippen molar-refractivity contribution in [1.82, 2.24) is 0 Å². The van der Waals surface area contributed by atoms with Crippen LogP contribution in [0.4, 0.5) is 0 Å². The Morgan fingerprint density at radius 1 is 0.667 bits per heavy atom. The number of hydrogen-bond acceptors (Lipinski definition) is 0. The molecule has 0 bridgehead atoms. The number of hydrogen-bond donors (Lipinski definition) is 0. The van der Waals surface area contributed by atoms with Gasteiger partial charge in [0.15, 0.2) is 0 Å². The maximum atomic E-state index is 4.16. The van der Waals surface area contributed by atoms with Crippen molar-refractivity contribution >= 4 is 11.1 Å². The minimum absolute atomic E-state index is 0.944. The molecule has 0 heterocycles. The first kappa shape index (κ1) is 10.2. The third-order valence-electron chi connectivity index (χ3n) is 3.82. The number of fused-ring (bicyclic) bond motifs is 1. The van der Waals surface area contributed by atoms with Crippen molar-refractivity contribution < 1.29 is 0 Å². The van der Waals surface area contributed by atoms with Gasteiger partial charge in [0.05, 0.1) is 0 Å². The minimum atomic E-state index is 0.944. The fourth-order valence-electron chi connectivity index (χ4n) is 2.63. The van der Waals surface area contributed by atoms with E-state index in [1.54, 1.807) is 0 Å². The Morgan fingerprint density at radius 2 is 1.00 bits per heavy atom. The highest BCUT2D eigenvalue weighted by Crippen LogP contribution is 2.44. The van der Waals surface area contributed by atoms with Crippen molar-refractivity contribution in [2.45, 2.75) is 34.1 Å². The van der Waals surface area contributed by atoms with Crippen LogP contribution in [0.15, 0.2) is 13.2 Å². The Labute approximate surface area is 92.3 Å². The lowest BCUT2D eigenvalue weighted by Crippen LogP contribution is -1.98. The van der Waals surface area contributed by atoms with E-state index in [1.807, 2.05) is 0 Å². The first-order valence-corrected chi connectivity index (χ1v) is 5.41. The molecule has 1 aliphatic carbocycles. The maximum Gasteiger partial charge on any atom is -0.00250 e. The Kier molecular flexibility index (Phi) is 2.11. The molecule has 2 rings (SSSR count). The average Bonchev–Trinajstić information content (AvgIpc) is 2.47. The highest BCUT2D eigenvalue weighted by molar-refractivity contribution is 5.94. The van der Waals surface area contributed by atoms with Crippen LogP contribution in [0.2, 0.25) is 0 Å². The lowest BCUT2D eigenvalue weighted by Gasteiger charge is -2.16. The fraction of sp³-hybridized carbons (Fsp3) is 0.333. The van der Waals surface area contributed by atoms with Gasteiger partial charge in [-0.25, -0.2) is 0 Å². The second kappa shape index (κ2) is 3.10. The van der Waals surface area contributed by atoms with Crippen LogP contribution in [0.1, 0.15) is 39.8 Å². The highest BCUT2D eigenvalue weighted by Gasteiger charge is 2.24. The Bertz CT molecular complexity index is 442. The summed E-state index contributed by atoms with van der Waals surface area (Å²) < 4.78 is 0. The van der Waals surface area contributed by atoms with Crippen LogP contribution in [0.3, 0.4) is 0 Å². The molecular formula is C15H18. The van der Waals surface area contributed by atoms with Gasteiger partial charge in [-0.3, -0.25) is 0 Å². The van der Waals surface area contributed by atoms with Crippen LogP contribution in [-0.2, 0) is 0 Å². The summed E-state index contributed by atoms with van der Waals surface area (Å²) in [5.41, 5.74) is 10.8. The van der Waals surface area contributed by atoms with Crippen LogP contribution >= 0.6 is 0 Å². The van der Waals surface area contributed by atoms with Crippen molar-refractivity contribution in [2.24, 2.45) is 0 Å². The zero-order chi connectivity index (χ0) is 11.3. The SMILES string of the molecule is C=C1CC(=C)c2c(C)c(C)c(C)c(C)c21. The molecule has 1 aromatic rings. The lowest BCUT2D eigenvalue weighted by molar-refractivity contribution is 1.20. The molecule has 15 heavy (non-hydrogen) atoms. The van der Waals surface area contributed by atoms with Gasteiger partial charge in [0.25, 0.3) is 0 Å². The van der Waals surface area contributed by atoms with E-state index in [0.29, 0.717) is 0 Å². The molecular weight excluding hydrogens is 180 g/mol. The third kappa shape index (κ3) is 1.21. The van der Waals surface area contributed by atoms with E-state index in [2.05, 4.69) is 40.9 Å². The molecule has 1 aliphatic rings. The maximum absolute atomic E-state index is 4.16. The number of benzene rings is 1. The standard InChI is InChI=1S/C15H18/c1-8-7-9(2)15-13(6)11(4)10(3)12(5)14(8)15/h1-2,7H2,3-6H3. The molecule has 0 heteroatoms. The summed E-state index contributed by atoms with van der Waals surface area (Å²) in [4.78, 5) is 0. The monoisotopic (exact) mass is 198 g/mol. The average molecular weight is 198 g/mol. The quantitative estimate of drug-likeness (QED) is 0.581. The van der Waals surface area contributed by atoms with E-state index in [1.165, 1.54) is 44.5 Å². The third-order valence-corrected chi connectivity index (χ3v) is 3.82. The molecule has 0 saturated carbocycles. The second-order valence-electron chi connectivity index (χ2n) is 4.63. The van der Waals surface area contributed by atoms with Crippen LogP contribution in [-0.4, -0.2) is 0 Å². The van der Waals surface area contributed by atoms with Crippen molar-refractivity contribution in [1.29, 1.82) is 0 Å². The summed E-state index contributed by atoms with van der Waals surface area (Å²) in [6, 6.07) is 0.